The molecule has 5 nitrogen and oxygen atoms in total. The molecule has 0 radical (unpaired) electrons. The molecule has 0 unspecified atom stereocenters. The number of amides is 1. The van der Waals surface area contributed by atoms with Crippen LogP contribution in [0.15, 0.2) is 0 Å². The maximum absolute atomic E-state index is 10.9. The second-order valence-electron chi connectivity index (χ2n) is 2.83. The molecule has 1 aliphatic heterocycles. The number of rotatable bonds is 3. The van der Waals surface area contributed by atoms with Gasteiger partial charge in [0.1, 0.15) is 0 Å². The molecular weight excluding hydrogens is 208 g/mol. The van der Waals surface area contributed by atoms with Crippen molar-refractivity contribution in [2.45, 2.75) is 13.0 Å². The molecule has 2 N–H and O–H groups in total. The lowest BCUT2D eigenvalue weighted by Gasteiger charge is -2.23. The third kappa shape index (κ3) is 5.26. The van der Waals surface area contributed by atoms with Gasteiger partial charge in [-0.3, -0.25) is 0 Å². The van der Waals surface area contributed by atoms with Crippen LogP contribution in [0.25, 0.3) is 0 Å². The first-order valence-corrected chi connectivity index (χ1v) is 4.54. The third-order valence-corrected chi connectivity index (χ3v) is 1.77. The van der Waals surface area contributed by atoms with E-state index in [2.05, 4.69) is 10.6 Å². The summed E-state index contributed by atoms with van der Waals surface area (Å²) in [4.78, 5) is 10.9. The number of halogens is 1. The van der Waals surface area contributed by atoms with Crippen LogP contribution in [0.2, 0.25) is 0 Å². The summed E-state index contributed by atoms with van der Waals surface area (Å²) in [6.45, 7) is 4.97. The molecule has 1 heterocycles. The molecule has 14 heavy (non-hydrogen) atoms. The normalized spacial score (nSPS) is 20.8. The highest BCUT2D eigenvalue weighted by molar-refractivity contribution is 5.85. The molecule has 0 bridgehead atoms. The molecule has 0 aromatic carbocycles. The highest BCUT2D eigenvalue weighted by Crippen LogP contribution is 1.91. The van der Waals surface area contributed by atoms with Crippen LogP contribution in [0.4, 0.5) is 4.79 Å². The molecule has 6 heteroatoms. The zero-order valence-electron chi connectivity index (χ0n) is 8.25. The summed E-state index contributed by atoms with van der Waals surface area (Å²) in [5.41, 5.74) is 0. The Morgan fingerprint density at radius 3 is 3.07 bits per heavy atom. The summed E-state index contributed by atoms with van der Waals surface area (Å²) in [5.74, 6) is 0. The van der Waals surface area contributed by atoms with Gasteiger partial charge < -0.3 is 20.1 Å². The first-order chi connectivity index (χ1) is 6.33. The average Bonchev–Trinajstić information content (AvgIpc) is 2.17. The minimum absolute atomic E-state index is 0. The number of carbonyl (C=O) groups is 1. The Morgan fingerprint density at radius 1 is 1.71 bits per heavy atom. The van der Waals surface area contributed by atoms with Crippen LogP contribution >= 0.6 is 12.4 Å². The first kappa shape index (κ1) is 13.5. The highest BCUT2D eigenvalue weighted by atomic mass is 35.5. The number of hydrogen-bond donors (Lipinski definition) is 2. The van der Waals surface area contributed by atoms with E-state index >= 15 is 0 Å². The standard InChI is InChI=1S/C8H16N2O3.ClH/c1-2-13-8(11)10-5-7-6-12-4-3-9-7;/h7,9H,2-6H2,1H3,(H,10,11);1H/t7-;/m1./s1. The van der Waals surface area contributed by atoms with Gasteiger partial charge >= 0.3 is 6.09 Å². The maximum Gasteiger partial charge on any atom is 0.407 e. The summed E-state index contributed by atoms with van der Waals surface area (Å²) >= 11 is 0. The van der Waals surface area contributed by atoms with Crippen LogP contribution < -0.4 is 10.6 Å². The van der Waals surface area contributed by atoms with E-state index in [4.69, 9.17) is 9.47 Å². The molecule has 1 saturated heterocycles. The summed E-state index contributed by atoms with van der Waals surface area (Å²) < 4.78 is 9.93. The van der Waals surface area contributed by atoms with E-state index in [1.807, 2.05) is 0 Å². The Bertz CT molecular complexity index is 163. The van der Waals surface area contributed by atoms with Crippen LogP contribution in [-0.2, 0) is 9.47 Å². The highest BCUT2D eigenvalue weighted by Gasteiger charge is 2.13. The van der Waals surface area contributed by atoms with Gasteiger partial charge in [0.25, 0.3) is 0 Å². The van der Waals surface area contributed by atoms with Crippen molar-refractivity contribution >= 4 is 18.5 Å². The van der Waals surface area contributed by atoms with Gasteiger partial charge in [0.05, 0.1) is 19.8 Å². The molecule has 0 aromatic heterocycles. The summed E-state index contributed by atoms with van der Waals surface area (Å²) in [6, 6.07) is 0.207. The van der Waals surface area contributed by atoms with Crippen molar-refractivity contribution in [3.63, 3.8) is 0 Å². The summed E-state index contributed by atoms with van der Waals surface area (Å²) in [5, 5.41) is 5.87. The SMILES string of the molecule is CCOC(=O)NC[C@@H]1COCCN1.Cl. The van der Waals surface area contributed by atoms with E-state index in [-0.39, 0.29) is 24.5 Å². The Labute approximate surface area is 89.9 Å². The fourth-order valence-corrected chi connectivity index (χ4v) is 1.14. The monoisotopic (exact) mass is 224 g/mol. The number of nitrogens with one attached hydrogen (secondary N) is 2. The van der Waals surface area contributed by atoms with Gasteiger partial charge in [-0.1, -0.05) is 0 Å². The van der Waals surface area contributed by atoms with Crippen molar-refractivity contribution in [2.75, 3.05) is 32.9 Å². The van der Waals surface area contributed by atoms with Gasteiger partial charge in [0.15, 0.2) is 0 Å². The largest absolute Gasteiger partial charge is 0.450 e. The lowest BCUT2D eigenvalue weighted by Crippen LogP contribution is -2.48. The molecule has 0 aromatic rings. The maximum atomic E-state index is 10.9. The van der Waals surface area contributed by atoms with Crippen molar-refractivity contribution in [3.05, 3.63) is 0 Å². The van der Waals surface area contributed by atoms with E-state index in [9.17, 15) is 4.79 Å². The van der Waals surface area contributed by atoms with Crippen LogP contribution in [0.5, 0.6) is 0 Å². The van der Waals surface area contributed by atoms with Gasteiger partial charge in [-0.05, 0) is 6.92 Å². The van der Waals surface area contributed by atoms with E-state index < -0.39 is 0 Å². The molecule has 1 atom stereocenters. The Balaban J connectivity index is 0.00000169. The minimum atomic E-state index is -0.366. The van der Waals surface area contributed by atoms with Crippen molar-refractivity contribution in [1.29, 1.82) is 0 Å². The quantitative estimate of drug-likeness (QED) is 0.716. The second kappa shape index (κ2) is 7.84. The predicted molar refractivity (Wildman–Crippen MR) is 54.9 cm³/mol. The molecule has 0 saturated carbocycles. The molecule has 84 valence electrons. The van der Waals surface area contributed by atoms with Gasteiger partial charge in [0, 0.05) is 19.1 Å². The van der Waals surface area contributed by atoms with Crippen LogP contribution in [-0.4, -0.2) is 45.0 Å². The number of alkyl carbamates (subject to hydrolysis) is 1. The molecule has 1 amide bonds. The lowest BCUT2D eigenvalue weighted by molar-refractivity contribution is 0.0755. The van der Waals surface area contributed by atoms with E-state index in [0.717, 1.165) is 13.2 Å². The van der Waals surface area contributed by atoms with Gasteiger partial charge in [0.2, 0.25) is 0 Å². The van der Waals surface area contributed by atoms with Crippen LogP contribution in [0, 0.1) is 0 Å². The van der Waals surface area contributed by atoms with E-state index in [0.29, 0.717) is 19.8 Å². The Hall–Kier alpha value is -0.520. The Kier molecular flexibility index (Phi) is 7.55. The molecule has 1 fully saturated rings. The fourth-order valence-electron chi connectivity index (χ4n) is 1.14. The molecular formula is C8H17ClN2O3. The van der Waals surface area contributed by atoms with Crippen molar-refractivity contribution in [2.24, 2.45) is 0 Å². The Morgan fingerprint density at radius 2 is 2.50 bits per heavy atom. The second-order valence-corrected chi connectivity index (χ2v) is 2.83. The zero-order valence-corrected chi connectivity index (χ0v) is 9.06. The summed E-state index contributed by atoms with van der Waals surface area (Å²) in [7, 11) is 0. The molecule has 0 spiro atoms. The van der Waals surface area contributed by atoms with Crippen molar-refractivity contribution in [1.82, 2.24) is 10.6 Å². The first-order valence-electron chi connectivity index (χ1n) is 4.54. The van der Waals surface area contributed by atoms with E-state index in [1.54, 1.807) is 6.92 Å². The summed E-state index contributed by atoms with van der Waals surface area (Å²) in [6.07, 6.45) is -0.366. The zero-order chi connectivity index (χ0) is 9.52. The van der Waals surface area contributed by atoms with Crippen LogP contribution in [0.1, 0.15) is 6.92 Å². The molecule has 0 aliphatic carbocycles. The number of ether oxygens (including phenoxy) is 2. The topological polar surface area (TPSA) is 59.6 Å². The fraction of sp³-hybridized carbons (Fsp3) is 0.875. The average molecular weight is 225 g/mol. The lowest BCUT2D eigenvalue weighted by atomic mass is 10.3. The predicted octanol–water partition coefficient (Wildman–Crippen LogP) is 0.143. The van der Waals surface area contributed by atoms with Crippen LogP contribution in [0.3, 0.4) is 0 Å². The van der Waals surface area contributed by atoms with Crippen molar-refractivity contribution < 1.29 is 14.3 Å². The van der Waals surface area contributed by atoms with Gasteiger partial charge in [-0.2, -0.15) is 0 Å². The number of carbonyl (C=O) groups excluding carboxylic acids is 1. The minimum Gasteiger partial charge on any atom is -0.450 e. The number of hydrogen-bond acceptors (Lipinski definition) is 4. The smallest absolute Gasteiger partial charge is 0.407 e. The number of morpholine rings is 1. The van der Waals surface area contributed by atoms with Gasteiger partial charge in [-0.15, -0.1) is 12.4 Å². The van der Waals surface area contributed by atoms with Gasteiger partial charge in [-0.25, -0.2) is 4.79 Å². The third-order valence-electron chi connectivity index (χ3n) is 1.77. The molecule has 1 rings (SSSR count). The van der Waals surface area contributed by atoms with Crippen molar-refractivity contribution in [3.8, 4) is 0 Å². The molecule has 1 aliphatic rings. The van der Waals surface area contributed by atoms with E-state index in [1.165, 1.54) is 0 Å².